The van der Waals surface area contributed by atoms with Crippen LogP contribution in [0.2, 0.25) is 5.02 Å². The van der Waals surface area contributed by atoms with Gasteiger partial charge in [0.05, 0.1) is 11.0 Å². The van der Waals surface area contributed by atoms with Gasteiger partial charge in [-0.25, -0.2) is 4.98 Å². The van der Waals surface area contributed by atoms with Crippen molar-refractivity contribution in [3.8, 4) is 0 Å². The zero-order valence-corrected chi connectivity index (χ0v) is 16.9. The van der Waals surface area contributed by atoms with Gasteiger partial charge in [0, 0.05) is 17.1 Å². The van der Waals surface area contributed by atoms with E-state index in [1.54, 1.807) is 6.07 Å². The Morgan fingerprint density at radius 2 is 1.90 bits per heavy atom. The van der Waals surface area contributed by atoms with E-state index in [4.69, 9.17) is 16.6 Å². The van der Waals surface area contributed by atoms with Crippen LogP contribution in [0.1, 0.15) is 67.9 Å². The molecule has 3 nitrogen and oxygen atoms in total. The normalized spacial score (nSPS) is 21.4. The molecule has 0 bridgehead atoms. The van der Waals surface area contributed by atoms with Gasteiger partial charge in [-0.3, -0.25) is 4.98 Å². The number of hydrogen-bond donors (Lipinski definition) is 1. The lowest BCUT2D eigenvalue weighted by atomic mass is 9.73. The van der Waals surface area contributed by atoms with Crippen LogP contribution < -0.4 is 0 Å². The molecule has 0 spiro atoms. The van der Waals surface area contributed by atoms with E-state index in [9.17, 15) is 13.2 Å². The summed E-state index contributed by atoms with van der Waals surface area (Å²) in [6.07, 6.45) is 1.57. The van der Waals surface area contributed by atoms with Crippen LogP contribution in [0.4, 0.5) is 13.2 Å². The Labute approximate surface area is 172 Å². The second kappa shape index (κ2) is 7.98. The summed E-state index contributed by atoms with van der Waals surface area (Å²) in [4.78, 5) is 11.7. The molecule has 1 atom stereocenters. The van der Waals surface area contributed by atoms with Crippen molar-refractivity contribution >= 4 is 22.6 Å². The maximum absolute atomic E-state index is 13.0. The summed E-state index contributed by atoms with van der Waals surface area (Å²) < 4.78 is 38.9. The van der Waals surface area contributed by atoms with E-state index in [-0.39, 0.29) is 5.92 Å². The molecule has 0 aliphatic heterocycles. The second-order valence-electron chi connectivity index (χ2n) is 7.88. The number of alkyl halides is 3. The number of halogens is 4. The molecular weight excluding hydrogens is 399 g/mol. The largest absolute Gasteiger partial charge is 0.433 e. The van der Waals surface area contributed by atoms with Crippen molar-refractivity contribution in [2.24, 2.45) is 5.92 Å². The third-order valence-corrected chi connectivity index (χ3v) is 6.38. The standard InChI is InChI=1S/C22H23ClF3N3/c1-2-17(21-28-18-8-7-16(23)12-19(18)29-21)14-5-3-13(4-6-14)15-9-10-27-20(11-15)22(24,25)26/h7-14,17H,2-6H2,1H3,(H,28,29). The van der Waals surface area contributed by atoms with Gasteiger partial charge in [-0.05, 0) is 79.8 Å². The average molecular weight is 422 g/mol. The zero-order valence-electron chi connectivity index (χ0n) is 16.1. The fourth-order valence-electron chi connectivity index (χ4n) is 4.64. The lowest BCUT2D eigenvalue weighted by Gasteiger charge is -2.33. The van der Waals surface area contributed by atoms with Gasteiger partial charge in [0.1, 0.15) is 11.5 Å². The average Bonchev–Trinajstić information content (AvgIpc) is 3.11. The van der Waals surface area contributed by atoms with Crippen LogP contribution in [0.25, 0.3) is 11.0 Å². The molecule has 0 amide bonds. The molecule has 1 aliphatic carbocycles. The highest BCUT2D eigenvalue weighted by atomic mass is 35.5. The van der Waals surface area contributed by atoms with Crippen molar-refractivity contribution < 1.29 is 13.2 Å². The Hall–Kier alpha value is -2.08. The fraction of sp³-hybridized carbons (Fsp3) is 0.455. The van der Waals surface area contributed by atoms with Crippen LogP contribution in [-0.2, 0) is 6.18 Å². The van der Waals surface area contributed by atoms with Gasteiger partial charge in [-0.15, -0.1) is 0 Å². The number of H-pyrrole nitrogens is 1. The van der Waals surface area contributed by atoms with Crippen LogP contribution in [0.3, 0.4) is 0 Å². The lowest BCUT2D eigenvalue weighted by Crippen LogP contribution is -2.21. The van der Waals surface area contributed by atoms with E-state index in [1.165, 1.54) is 12.3 Å². The molecule has 0 saturated heterocycles. The van der Waals surface area contributed by atoms with Gasteiger partial charge in [0.15, 0.2) is 0 Å². The van der Waals surface area contributed by atoms with Crippen LogP contribution in [0, 0.1) is 5.92 Å². The minimum absolute atomic E-state index is 0.155. The summed E-state index contributed by atoms with van der Waals surface area (Å²) in [6.45, 7) is 2.16. The molecule has 2 aromatic heterocycles. The van der Waals surface area contributed by atoms with Crippen LogP contribution in [0.5, 0.6) is 0 Å². The molecule has 29 heavy (non-hydrogen) atoms. The van der Waals surface area contributed by atoms with Crippen LogP contribution >= 0.6 is 11.6 Å². The highest BCUT2D eigenvalue weighted by Gasteiger charge is 2.34. The molecule has 1 aromatic carbocycles. The van der Waals surface area contributed by atoms with Crippen molar-refractivity contribution in [3.05, 3.63) is 58.6 Å². The van der Waals surface area contributed by atoms with Crippen LogP contribution in [-0.4, -0.2) is 15.0 Å². The van der Waals surface area contributed by atoms with Gasteiger partial charge in [0.25, 0.3) is 0 Å². The summed E-state index contributed by atoms with van der Waals surface area (Å²) >= 11 is 6.08. The Kier molecular flexibility index (Phi) is 5.56. The van der Waals surface area contributed by atoms with Crippen molar-refractivity contribution in [2.75, 3.05) is 0 Å². The number of imidazole rings is 1. The topological polar surface area (TPSA) is 41.6 Å². The summed E-state index contributed by atoms with van der Waals surface area (Å²) in [6, 6.07) is 8.58. The van der Waals surface area contributed by atoms with E-state index in [2.05, 4.69) is 16.9 Å². The quantitative estimate of drug-likeness (QED) is 0.488. The number of nitrogens with zero attached hydrogens (tertiary/aromatic N) is 2. The van der Waals surface area contributed by atoms with Crippen LogP contribution in [0.15, 0.2) is 36.5 Å². The molecule has 154 valence electrons. The SMILES string of the molecule is CCC(c1nc2ccc(Cl)cc2[nH]1)C1CCC(c2ccnc(C(F)(F)F)c2)CC1. The van der Waals surface area contributed by atoms with Gasteiger partial charge in [0.2, 0.25) is 0 Å². The van der Waals surface area contributed by atoms with E-state index >= 15 is 0 Å². The highest BCUT2D eigenvalue weighted by molar-refractivity contribution is 6.31. The second-order valence-corrected chi connectivity index (χ2v) is 8.32. The molecular formula is C22H23ClF3N3. The minimum atomic E-state index is -4.40. The van der Waals surface area contributed by atoms with E-state index in [0.717, 1.165) is 54.5 Å². The molecule has 4 rings (SSSR count). The maximum atomic E-state index is 13.0. The van der Waals surface area contributed by atoms with Gasteiger partial charge >= 0.3 is 6.18 Å². The first-order valence-electron chi connectivity index (χ1n) is 10.0. The summed E-state index contributed by atoms with van der Waals surface area (Å²) in [5.74, 6) is 1.92. The number of aromatic nitrogens is 3. The van der Waals surface area contributed by atoms with Crippen molar-refractivity contribution in [1.29, 1.82) is 0 Å². The van der Waals surface area contributed by atoms with Gasteiger partial charge in [-0.1, -0.05) is 18.5 Å². The number of fused-ring (bicyclic) bond motifs is 1. The minimum Gasteiger partial charge on any atom is -0.342 e. The fourth-order valence-corrected chi connectivity index (χ4v) is 4.81. The molecule has 3 aromatic rings. The molecule has 1 unspecified atom stereocenters. The number of rotatable bonds is 4. The summed E-state index contributed by atoms with van der Waals surface area (Å²) in [7, 11) is 0. The number of benzene rings is 1. The Balaban J connectivity index is 1.48. The number of nitrogens with one attached hydrogen (secondary N) is 1. The predicted octanol–water partition coefficient (Wildman–Crippen LogP) is 7.10. The third-order valence-electron chi connectivity index (χ3n) is 6.14. The Morgan fingerprint density at radius 3 is 2.59 bits per heavy atom. The maximum Gasteiger partial charge on any atom is 0.433 e. The lowest BCUT2D eigenvalue weighted by molar-refractivity contribution is -0.141. The molecule has 1 N–H and O–H groups in total. The third kappa shape index (κ3) is 4.27. The molecule has 2 heterocycles. The van der Waals surface area contributed by atoms with Gasteiger partial charge < -0.3 is 4.98 Å². The number of aromatic amines is 1. The Morgan fingerprint density at radius 1 is 1.14 bits per heavy atom. The molecule has 0 radical (unpaired) electrons. The molecule has 1 aliphatic rings. The van der Waals surface area contributed by atoms with Crippen molar-refractivity contribution in [3.63, 3.8) is 0 Å². The summed E-state index contributed by atoms with van der Waals surface area (Å²) in [5.41, 5.74) is 1.80. The first-order chi connectivity index (χ1) is 13.8. The predicted molar refractivity (Wildman–Crippen MR) is 108 cm³/mol. The first-order valence-corrected chi connectivity index (χ1v) is 10.4. The number of pyridine rings is 1. The highest BCUT2D eigenvalue weighted by Crippen LogP contribution is 2.43. The Bertz CT molecular complexity index is 990. The smallest absolute Gasteiger partial charge is 0.342 e. The van der Waals surface area contributed by atoms with E-state index in [0.29, 0.717) is 16.9 Å². The molecule has 1 saturated carbocycles. The van der Waals surface area contributed by atoms with E-state index < -0.39 is 11.9 Å². The van der Waals surface area contributed by atoms with Crippen molar-refractivity contribution in [1.82, 2.24) is 15.0 Å². The molecule has 1 fully saturated rings. The molecule has 7 heteroatoms. The van der Waals surface area contributed by atoms with Crippen molar-refractivity contribution in [2.45, 2.75) is 57.0 Å². The first kappa shape index (κ1) is 20.2. The van der Waals surface area contributed by atoms with E-state index in [1.807, 2.05) is 18.2 Å². The zero-order chi connectivity index (χ0) is 20.6. The number of hydrogen-bond acceptors (Lipinski definition) is 2. The summed E-state index contributed by atoms with van der Waals surface area (Å²) in [5, 5.41) is 0.678. The monoisotopic (exact) mass is 421 g/mol. The van der Waals surface area contributed by atoms with Gasteiger partial charge in [-0.2, -0.15) is 13.2 Å².